The Morgan fingerprint density at radius 1 is 1.00 bits per heavy atom. The molecule has 0 aromatic rings. The maximum absolute atomic E-state index is 10.9. The number of imide groups is 1. The molecule has 88 valence electrons. The molecule has 13 nitrogen and oxygen atoms in total. The van der Waals surface area contributed by atoms with Crippen molar-refractivity contribution in [3.63, 3.8) is 0 Å². The quantitative estimate of drug-likeness (QED) is 0.307. The minimum atomic E-state index is -4.39. The van der Waals surface area contributed by atoms with Crippen LogP contribution in [-0.2, 0) is 4.79 Å². The smallest absolute Gasteiger partial charge is 0.351 e. The van der Waals surface area contributed by atoms with E-state index in [-0.39, 0.29) is 0 Å². The SMILES string of the molecule is NC(=O)NC(=O)C([N+](=O)[O-])([N+](=O)[O-])[N+](=O)[O-]. The number of carbonyl (C=O) groups is 2. The van der Waals surface area contributed by atoms with Gasteiger partial charge in [0.1, 0.15) is 0 Å². The van der Waals surface area contributed by atoms with Crippen LogP contribution in [0, 0.1) is 30.3 Å². The Hall–Kier alpha value is -2.86. The Bertz CT molecular complexity index is 351. The van der Waals surface area contributed by atoms with E-state index in [0.29, 0.717) is 0 Å². The fraction of sp³-hybridized carbons (Fsp3) is 0.333. The van der Waals surface area contributed by atoms with Gasteiger partial charge in [-0.1, -0.05) is 0 Å². The first-order valence-electron chi connectivity index (χ1n) is 3.21. The first-order valence-corrected chi connectivity index (χ1v) is 3.21. The molecule has 13 heteroatoms. The molecule has 16 heavy (non-hydrogen) atoms. The summed E-state index contributed by atoms with van der Waals surface area (Å²) in [5.74, 6) is -6.75. The van der Waals surface area contributed by atoms with E-state index in [4.69, 9.17) is 0 Å². The molecular weight excluding hydrogens is 234 g/mol. The van der Waals surface area contributed by atoms with E-state index in [1.807, 2.05) is 0 Å². The highest BCUT2D eigenvalue weighted by molar-refractivity contribution is 5.96. The molecule has 0 radical (unpaired) electrons. The van der Waals surface area contributed by atoms with Gasteiger partial charge in [-0.15, -0.1) is 0 Å². The molecule has 0 unspecified atom stereocenters. The Morgan fingerprint density at radius 3 is 1.50 bits per heavy atom. The van der Waals surface area contributed by atoms with E-state index >= 15 is 0 Å². The van der Waals surface area contributed by atoms with Gasteiger partial charge in [-0.25, -0.2) is 9.59 Å². The number of amides is 3. The van der Waals surface area contributed by atoms with Crippen LogP contribution in [0.15, 0.2) is 0 Å². The van der Waals surface area contributed by atoms with Gasteiger partial charge >= 0.3 is 17.7 Å². The van der Waals surface area contributed by atoms with Crippen molar-refractivity contribution in [2.24, 2.45) is 5.73 Å². The van der Waals surface area contributed by atoms with Crippen molar-refractivity contribution in [2.45, 2.75) is 5.79 Å². The summed E-state index contributed by atoms with van der Waals surface area (Å²) in [6.45, 7) is 0. The lowest BCUT2D eigenvalue weighted by Gasteiger charge is -2.06. The van der Waals surface area contributed by atoms with Crippen LogP contribution >= 0.6 is 0 Å². The maximum atomic E-state index is 10.9. The van der Waals surface area contributed by atoms with Gasteiger partial charge in [0.25, 0.3) is 0 Å². The molecule has 0 aromatic carbocycles. The van der Waals surface area contributed by atoms with Gasteiger partial charge in [-0.05, 0) is 0 Å². The predicted octanol–water partition coefficient (Wildman–Crippen LogP) is -2.33. The number of nitrogens with one attached hydrogen (secondary N) is 1. The summed E-state index contributed by atoms with van der Waals surface area (Å²) in [5, 5.41) is 31.6. The van der Waals surface area contributed by atoms with Gasteiger partial charge in [0.15, 0.2) is 14.8 Å². The Labute approximate surface area is 84.6 Å². The maximum Gasteiger partial charge on any atom is 0.781 e. The zero-order chi connectivity index (χ0) is 13.1. The Balaban J connectivity index is 5.63. The van der Waals surface area contributed by atoms with Crippen molar-refractivity contribution in [1.29, 1.82) is 0 Å². The van der Waals surface area contributed by atoms with Crippen molar-refractivity contribution < 1.29 is 24.4 Å². The molecule has 3 amide bonds. The van der Waals surface area contributed by atoms with Crippen molar-refractivity contribution in [3.8, 4) is 0 Å². The molecule has 0 atom stereocenters. The van der Waals surface area contributed by atoms with Gasteiger partial charge in [0, 0.05) is 0 Å². The monoisotopic (exact) mass is 237 g/mol. The fourth-order valence-corrected chi connectivity index (χ4v) is 0.644. The number of nitro groups is 3. The third-order valence-electron chi connectivity index (χ3n) is 1.31. The molecule has 0 rings (SSSR count). The van der Waals surface area contributed by atoms with Crippen LogP contribution in [0.5, 0.6) is 0 Å². The topological polar surface area (TPSA) is 202 Å². The van der Waals surface area contributed by atoms with Crippen LogP contribution in [0.25, 0.3) is 0 Å². The lowest BCUT2D eigenvalue weighted by atomic mass is 10.3. The molecule has 0 heterocycles. The van der Waals surface area contributed by atoms with E-state index in [2.05, 4.69) is 5.73 Å². The van der Waals surface area contributed by atoms with E-state index in [1.54, 1.807) is 0 Å². The molecule has 0 saturated carbocycles. The normalized spacial score (nSPS) is 10.2. The molecule has 0 fully saturated rings. The molecule has 0 aliphatic heterocycles. The highest BCUT2D eigenvalue weighted by Crippen LogP contribution is 2.12. The van der Waals surface area contributed by atoms with Crippen LogP contribution in [0.4, 0.5) is 4.79 Å². The molecule has 0 spiro atoms. The summed E-state index contributed by atoms with van der Waals surface area (Å²) in [5.41, 5.74) is 4.35. The van der Waals surface area contributed by atoms with E-state index in [9.17, 15) is 39.9 Å². The number of rotatable bonds is 4. The number of carbonyl (C=O) groups excluding carboxylic acids is 2. The average Bonchev–Trinajstić information content (AvgIpc) is 1.99. The third-order valence-corrected chi connectivity index (χ3v) is 1.31. The number of nitrogens with two attached hydrogens (primary N) is 1. The molecule has 0 saturated heterocycles. The first-order chi connectivity index (χ1) is 7.17. The van der Waals surface area contributed by atoms with Crippen LogP contribution < -0.4 is 11.1 Å². The molecule has 0 aliphatic rings. The molecule has 0 bridgehead atoms. The van der Waals surface area contributed by atoms with Gasteiger partial charge in [0.05, 0.1) is 0 Å². The second-order valence-electron chi connectivity index (χ2n) is 2.23. The summed E-state index contributed by atoms with van der Waals surface area (Å²) >= 11 is 0. The lowest BCUT2D eigenvalue weighted by Crippen LogP contribution is -2.64. The molecular formula is C3H3N5O8. The average molecular weight is 237 g/mol. The third kappa shape index (κ3) is 1.81. The number of hydrogen-bond donors (Lipinski definition) is 2. The van der Waals surface area contributed by atoms with Crippen LogP contribution in [0.2, 0.25) is 0 Å². The van der Waals surface area contributed by atoms with Crippen molar-refractivity contribution in [2.75, 3.05) is 0 Å². The van der Waals surface area contributed by atoms with E-state index in [0.717, 1.165) is 5.32 Å². The number of hydrogen-bond acceptors (Lipinski definition) is 8. The molecule has 3 N–H and O–H groups in total. The fourth-order valence-electron chi connectivity index (χ4n) is 0.644. The Morgan fingerprint density at radius 2 is 1.31 bits per heavy atom. The predicted molar refractivity (Wildman–Crippen MR) is 41.4 cm³/mol. The minimum Gasteiger partial charge on any atom is -0.351 e. The summed E-state index contributed by atoms with van der Waals surface area (Å²) < 4.78 is 0. The first kappa shape index (κ1) is 13.1. The highest BCUT2D eigenvalue weighted by atomic mass is 16.7. The Kier molecular flexibility index (Phi) is 3.38. The van der Waals surface area contributed by atoms with Gasteiger partial charge < -0.3 is 5.73 Å². The molecule has 0 aliphatic carbocycles. The van der Waals surface area contributed by atoms with Gasteiger partial charge in [-0.2, -0.15) is 0 Å². The van der Waals surface area contributed by atoms with Crippen molar-refractivity contribution in [3.05, 3.63) is 30.3 Å². The zero-order valence-corrected chi connectivity index (χ0v) is 7.18. The van der Waals surface area contributed by atoms with Crippen LogP contribution in [-0.4, -0.2) is 32.5 Å². The number of primary amides is 1. The van der Waals surface area contributed by atoms with Crippen molar-refractivity contribution in [1.82, 2.24) is 5.32 Å². The van der Waals surface area contributed by atoms with Crippen LogP contribution in [0.1, 0.15) is 0 Å². The number of urea groups is 1. The summed E-state index contributed by atoms with van der Waals surface area (Å²) in [6, 6.07) is -1.69. The minimum absolute atomic E-state index is 0.903. The zero-order valence-electron chi connectivity index (χ0n) is 7.18. The largest absolute Gasteiger partial charge is 0.781 e. The van der Waals surface area contributed by atoms with Crippen molar-refractivity contribution >= 4 is 11.9 Å². The van der Waals surface area contributed by atoms with Crippen LogP contribution in [0.3, 0.4) is 0 Å². The second kappa shape index (κ2) is 4.11. The lowest BCUT2D eigenvalue weighted by molar-refractivity contribution is -0.947. The number of nitrogens with zero attached hydrogens (tertiary/aromatic N) is 3. The van der Waals surface area contributed by atoms with Gasteiger partial charge in [0.2, 0.25) is 0 Å². The summed E-state index contributed by atoms with van der Waals surface area (Å²) in [4.78, 5) is 45.6. The van der Waals surface area contributed by atoms with Gasteiger partial charge in [-0.3, -0.25) is 35.7 Å². The second-order valence-corrected chi connectivity index (χ2v) is 2.23. The summed E-state index contributed by atoms with van der Waals surface area (Å²) in [6.07, 6.45) is 0. The molecule has 0 aromatic heterocycles. The highest BCUT2D eigenvalue weighted by Gasteiger charge is 2.79. The van der Waals surface area contributed by atoms with E-state index in [1.165, 1.54) is 0 Å². The van der Waals surface area contributed by atoms with E-state index < -0.39 is 32.5 Å². The standard InChI is InChI=1S/C3H3N5O8/c4-2(10)5-1(9)3(6(11)12,7(13)14)8(15)16/h(H3,4,5,9,10). The summed E-state index contributed by atoms with van der Waals surface area (Å²) in [7, 11) is 0.